The van der Waals surface area contributed by atoms with Gasteiger partial charge in [0.15, 0.2) is 0 Å². The molecule has 3 aromatic heterocycles. The van der Waals surface area contributed by atoms with Crippen LogP contribution in [-0.2, 0) is 0 Å². The molecule has 1 fully saturated rings. The predicted molar refractivity (Wildman–Crippen MR) is 95.1 cm³/mol. The molecule has 23 heavy (non-hydrogen) atoms. The number of hydrogen-bond acceptors (Lipinski definition) is 5. The van der Waals surface area contributed by atoms with Crippen molar-refractivity contribution in [2.75, 3.05) is 43.4 Å². The van der Waals surface area contributed by atoms with Crippen LogP contribution in [-0.4, -0.2) is 52.6 Å². The van der Waals surface area contributed by atoms with Crippen LogP contribution in [0.15, 0.2) is 18.5 Å². The van der Waals surface area contributed by atoms with Gasteiger partial charge in [0, 0.05) is 31.6 Å². The molecule has 0 atom stereocenters. The number of halogens is 1. The molecule has 0 aromatic carbocycles. The van der Waals surface area contributed by atoms with Gasteiger partial charge in [-0.3, -0.25) is 0 Å². The molecule has 0 amide bonds. The summed E-state index contributed by atoms with van der Waals surface area (Å²) in [6.45, 7) is 7.29. The zero-order valence-corrected chi connectivity index (χ0v) is 13.8. The van der Waals surface area contributed by atoms with Gasteiger partial charge in [0.25, 0.3) is 0 Å². The van der Waals surface area contributed by atoms with Crippen molar-refractivity contribution >= 4 is 45.0 Å². The Morgan fingerprint density at radius 1 is 1.22 bits per heavy atom. The first-order valence-corrected chi connectivity index (χ1v) is 8.24. The van der Waals surface area contributed by atoms with Crippen molar-refractivity contribution in [2.45, 2.75) is 6.92 Å². The van der Waals surface area contributed by atoms with E-state index >= 15 is 0 Å². The van der Waals surface area contributed by atoms with Gasteiger partial charge in [-0.05, 0) is 12.6 Å². The fourth-order valence-electron chi connectivity index (χ4n) is 3.33. The van der Waals surface area contributed by atoms with Crippen LogP contribution in [0.5, 0.6) is 0 Å². The summed E-state index contributed by atoms with van der Waals surface area (Å²) in [5.41, 5.74) is 8.68. The molecule has 1 aliphatic heterocycles. The lowest BCUT2D eigenvalue weighted by molar-refractivity contribution is 0.271. The van der Waals surface area contributed by atoms with E-state index in [0.717, 1.165) is 60.3 Å². The first kappa shape index (κ1) is 14.5. The van der Waals surface area contributed by atoms with E-state index in [2.05, 4.69) is 31.7 Å². The average molecular weight is 331 g/mol. The van der Waals surface area contributed by atoms with Crippen molar-refractivity contribution in [1.29, 1.82) is 0 Å². The van der Waals surface area contributed by atoms with Crippen molar-refractivity contribution in [2.24, 2.45) is 0 Å². The number of nitrogens with one attached hydrogen (secondary N) is 1. The van der Waals surface area contributed by atoms with E-state index in [0.29, 0.717) is 10.8 Å². The first-order valence-electron chi connectivity index (χ1n) is 7.86. The summed E-state index contributed by atoms with van der Waals surface area (Å²) in [6.07, 6.45) is 3.47. The fourth-order valence-corrected chi connectivity index (χ4v) is 3.59. The van der Waals surface area contributed by atoms with E-state index < -0.39 is 0 Å². The topological polar surface area (TPSA) is 74.1 Å². The molecule has 120 valence electrons. The number of H-pyrrole nitrogens is 1. The van der Waals surface area contributed by atoms with E-state index in [1.54, 1.807) is 12.4 Å². The molecule has 3 aromatic rings. The summed E-state index contributed by atoms with van der Waals surface area (Å²) in [7, 11) is 0. The van der Waals surface area contributed by atoms with Gasteiger partial charge in [-0.2, -0.15) is 0 Å². The molecule has 1 saturated heterocycles. The number of rotatable bonds is 2. The van der Waals surface area contributed by atoms with Crippen molar-refractivity contribution in [1.82, 2.24) is 19.9 Å². The van der Waals surface area contributed by atoms with E-state index in [4.69, 9.17) is 17.3 Å². The Kier molecular flexibility index (Phi) is 3.50. The molecule has 0 spiro atoms. The lowest BCUT2D eigenvalue weighted by Crippen LogP contribution is -2.46. The molecule has 0 aliphatic carbocycles. The lowest BCUT2D eigenvalue weighted by atomic mass is 10.1. The third-order valence-electron chi connectivity index (χ3n) is 4.59. The maximum Gasteiger partial charge on any atom is 0.140 e. The SMILES string of the molecule is CCN1CCN(c2c(Cl)cnc3[nH]c4cnc(N)cc4c23)CC1. The Balaban J connectivity index is 1.89. The Labute approximate surface area is 139 Å². The summed E-state index contributed by atoms with van der Waals surface area (Å²) in [5, 5.41) is 2.74. The quantitative estimate of drug-likeness (QED) is 0.755. The predicted octanol–water partition coefficient (Wildman–Crippen LogP) is 2.49. The number of piperazine rings is 1. The molecule has 6 nitrogen and oxygen atoms in total. The average Bonchev–Trinajstić information content (AvgIpc) is 2.93. The highest BCUT2D eigenvalue weighted by atomic mass is 35.5. The molecule has 7 heteroatoms. The molecule has 0 radical (unpaired) electrons. The third-order valence-corrected chi connectivity index (χ3v) is 4.87. The van der Waals surface area contributed by atoms with Crippen molar-refractivity contribution in [3.8, 4) is 0 Å². The van der Waals surface area contributed by atoms with Crippen LogP contribution in [0.25, 0.3) is 21.9 Å². The second-order valence-corrected chi connectivity index (χ2v) is 6.29. The van der Waals surface area contributed by atoms with Crippen LogP contribution in [0, 0.1) is 0 Å². The second kappa shape index (κ2) is 5.54. The summed E-state index contributed by atoms with van der Waals surface area (Å²) in [6, 6.07) is 1.89. The number of aromatic nitrogens is 3. The summed E-state index contributed by atoms with van der Waals surface area (Å²) in [4.78, 5) is 16.7. The monoisotopic (exact) mass is 330 g/mol. The normalized spacial score (nSPS) is 16.5. The van der Waals surface area contributed by atoms with Gasteiger partial charge in [0.1, 0.15) is 11.5 Å². The smallest absolute Gasteiger partial charge is 0.140 e. The number of nitrogens with zero attached hydrogens (tertiary/aromatic N) is 4. The number of fused-ring (bicyclic) bond motifs is 3. The lowest BCUT2D eigenvalue weighted by Gasteiger charge is -2.36. The Morgan fingerprint density at radius 2 is 2.00 bits per heavy atom. The third kappa shape index (κ3) is 2.38. The van der Waals surface area contributed by atoms with Gasteiger partial charge >= 0.3 is 0 Å². The minimum absolute atomic E-state index is 0.500. The second-order valence-electron chi connectivity index (χ2n) is 5.88. The zero-order valence-electron chi connectivity index (χ0n) is 13.0. The van der Waals surface area contributed by atoms with Gasteiger partial charge in [-0.25, -0.2) is 9.97 Å². The summed E-state index contributed by atoms with van der Waals surface area (Å²) < 4.78 is 0. The van der Waals surface area contributed by atoms with Gasteiger partial charge in [-0.1, -0.05) is 18.5 Å². The van der Waals surface area contributed by atoms with Crippen LogP contribution in [0.1, 0.15) is 6.92 Å². The largest absolute Gasteiger partial charge is 0.384 e. The Morgan fingerprint density at radius 3 is 2.74 bits per heavy atom. The minimum Gasteiger partial charge on any atom is -0.384 e. The van der Waals surface area contributed by atoms with E-state index in [1.807, 2.05) is 6.07 Å². The number of aromatic amines is 1. The van der Waals surface area contributed by atoms with Crippen LogP contribution < -0.4 is 10.6 Å². The molecular weight excluding hydrogens is 312 g/mol. The van der Waals surface area contributed by atoms with Crippen molar-refractivity contribution in [3.63, 3.8) is 0 Å². The molecule has 0 unspecified atom stereocenters. The molecule has 4 heterocycles. The number of anilines is 2. The number of hydrogen-bond donors (Lipinski definition) is 2. The van der Waals surface area contributed by atoms with E-state index in [1.165, 1.54) is 0 Å². The molecule has 0 saturated carbocycles. The van der Waals surface area contributed by atoms with E-state index in [-0.39, 0.29) is 0 Å². The van der Waals surface area contributed by atoms with Gasteiger partial charge < -0.3 is 20.5 Å². The standard InChI is InChI=1S/C16H19ClN6/c1-2-22-3-5-23(6-4-22)15-11(17)8-20-16-14(15)10-7-13(18)19-9-12(10)21-16/h7-9H,2-6H2,1H3,(H2,18,19)(H,20,21). The van der Waals surface area contributed by atoms with Gasteiger partial charge in [-0.15, -0.1) is 0 Å². The minimum atomic E-state index is 0.500. The van der Waals surface area contributed by atoms with Crippen LogP contribution in [0.2, 0.25) is 5.02 Å². The van der Waals surface area contributed by atoms with Crippen LogP contribution in [0.3, 0.4) is 0 Å². The van der Waals surface area contributed by atoms with Crippen LogP contribution in [0.4, 0.5) is 11.5 Å². The number of pyridine rings is 2. The summed E-state index contributed by atoms with van der Waals surface area (Å²) in [5.74, 6) is 0.500. The number of likely N-dealkylation sites (N-methyl/N-ethyl adjacent to an activating group) is 1. The fraction of sp³-hybridized carbons (Fsp3) is 0.375. The molecule has 0 bridgehead atoms. The molecule has 3 N–H and O–H groups in total. The molecular formula is C16H19ClN6. The highest BCUT2D eigenvalue weighted by Gasteiger charge is 2.22. The highest BCUT2D eigenvalue weighted by molar-refractivity contribution is 6.35. The maximum atomic E-state index is 6.53. The highest BCUT2D eigenvalue weighted by Crippen LogP contribution is 2.38. The van der Waals surface area contributed by atoms with Gasteiger partial charge in [0.05, 0.1) is 34.0 Å². The van der Waals surface area contributed by atoms with Gasteiger partial charge in [0.2, 0.25) is 0 Å². The number of nitrogens with two attached hydrogens (primary N) is 1. The van der Waals surface area contributed by atoms with E-state index in [9.17, 15) is 0 Å². The zero-order chi connectivity index (χ0) is 16.0. The van der Waals surface area contributed by atoms with Crippen LogP contribution >= 0.6 is 11.6 Å². The first-order chi connectivity index (χ1) is 11.2. The Hall–Kier alpha value is -2.05. The molecule has 4 rings (SSSR count). The Bertz CT molecular complexity index is 866. The molecule has 1 aliphatic rings. The number of nitrogen functional groups attached to an aromatic ring is 1. The summed E-state index contributed by atoms with van der Waals surface area (Å²) >= 11 is 6.53. The maximum absolute atomic E-state index is 6.53. The van der Waals surface area contributed by atoms with Crippen molar-refractivity contribution < 1.29 is 0 Å². The van der Waals surface area contributed by atoms with Crippen molar-refractivity contribution in [3.05, 3.63) is 23.5 Å².